The van der Waals surface area contributed by atoms with Crippen LogP contribution < -0.4 is 4.74 Å². The zero-order valence-electron chi connectivity index (χ0n) is 16.9. The van der Waals surface area contributed by atoms with Gasteiger partial charge >= 0.3 is 5.97 Å². The van der Waals surface area contributed by atoms with E-state index in [9.17, 15) is 4.79 Å². The van der Waals surface area contributed by atoms with E-state index in [2.05, 4.69) is 5.92 Å². The molecule has 30 heavy (non-hydrogen) atoms. The SMILES string of the molecule is C#C[C@@H](OC(=O)[C@H](c1ccc(Cl)cc1)C(C)C)c1cccc(Oc2ccccc2)c1. The van der Waals surface area contributed by atoms with Crippen molar-refractivity contribution in [3.63, 3.8) is 0 Å². The number of hydrogen-bond acceptors (Lipinski definition) is 3. The molecular weight excluding hydrogens is 396 g/mol. The first-order valence-electron chi connectivity index (χ1n) is 9.73. The van der Waals surface area contributed by atoms with Gasteiger partial charge in [0.2, 0.25) is 0 Å². The molecule has 0 amide bonds. The van der Waals surface area contributed by atoms with Crippen LogP contribution in [-0.4, -0.2) is 5.97 Å². The molecule has 3 aromatic rings. The van der Waals surface area contributed by atoms with Gasteiger partial charge in [0.1, 0.15) is 11.5 Å². The van der Waals surface area contributed by atoms with Crippen molar-refractivity contribution in [2.75, 3.05) is 0 Å². The van der Waals surface area contributed by atoms with E-state index in [-0.39, 0.29) is 11.9 Å². The second-order valence-corrected chi connectivity index (χ2v) is 7.68. The summed E-state index contributed by atoms with van der Waals surface area (Å²) in [6.45, 7) is 3.94. The standard InChI is InChI=1S/C26H23ClO3/c1-4-24(20-9-8-12-23(17-20)29-22-10-6-5-7-11-22)30-26(28)25(18(2)3)19-13-15-21(27)16-14-19/h1,5-18,24-25H,2-3H3/t24-,25+/m1/s1. The molecule has 0 N–H and O–H groups in total. The van der Waals surface area contributed by atoms with Gasteiger partial charge in [-0.2, -0.15) is 0 Å². The monoisotopic (exact) mass is 418 g/mol. The first-order chi connectivity index (χ1) is 14.5. The third-order valence-corrected chi connectivity index (χ3v) is 4.93. The maximum absolute atomic E-state index is 13.0. The number of carbonyl (C=O) groups is 1. The van der Waals surface area contributed by atoms with Crippen molar-refractivity contribution in [3.05, 3.63) is 95.0 Å². The van der Waals surface area contributed by atoms with E-state index in [0.29, 0.717) is 22.1 Å². The van der Waals surface area contributed by atoms with Crippen molar-refractivity contribution in [2.45, 2.75) is 25.9 Å². The van der Waals surface area contributed by atoms with Crippen molar-refractivity contribution in [1.29, 1.82) is 0 Å². The van der Waals surface area contributed by atoms with Crippen LogP contribution in [0.1, 0.15) is 37.0 Å². The normalized spacial score (nSPS) is 12.6. The molecule has 0 fully saturated rings. The summed E-state index contributed by atoms with van der Waals surface area (Å²) in [7, 11) is 0. The highest BCUT2D eigenvalue weighted by molar-refractivity contribution is 6.30. The van der Waals surface area contributed by atoms with Crippen LogP contribution in [0, 0.1) is 18.3 Å². The Kier molecular flexibility index (Phi) is 7.17. The fraction of sp³-hybridized carbons (Fsp3) is 0.192. The zero-order chi connectivity index (χ0) is 21.5. The summed E-state index contributed by atoms with van der Waals surface area (Å²) in [5.74, 6) is 3.13. The average molecular weight is 419 g/mol. The Hall–Kier alpha value is -3.22. The summed E-state index contributed by atoms with van der Waals surface area (Å²) in [4.78, 5) is 13.0. The first-order valence-corrected chi connectivity index (χ1v) is 10.1. The lowest BCUT2D eigenvalue weighted by atomic mass is 9.88. The topological polar surface area (TPSA) is 35.5 Å². The highest BCUT2D eigenvalue weighted by Crippen LogP contribution is 2.31. The summed E-state index contributed by atoms with van der Waals surface area (Å²) < 4.78 is 11.6. The van der Waals surface area contributed by atoms with E-state index in [4.69, 9.17) is 27.5 Å². The van der Waals surface area contributed by atoms with Crippen LogP contribution >= 0.6 is 11.6 Å². The molecule has 0 aromatic heterocycles. The van der Waals surface area contributed by atoms with Crippen molar-refractivity contribution in [1.82, 2.24) is 0 Å². The van der Waals surface area contributed by atoms with Crippen LogP contribution in [-0.2, 0) is 9.53 Å². The number of carbonyl (C=O) groups excluding carboxylic acids is 1. The van der Waals surface area contributed by atoms with Gasteiger partial charge in [-0.1, -0.05) is 73.8 Å². The minimum Gasteiger partial charge on any atom is -0.457 e. The minimum absolute atomic E-state index is 0.0323. The number of benzene rings is 3. The third-order valence-electron chi connectivity index (χ3n) is 4.67. The number of esters is 1. The van der Waals surface area contributed by atoms with Gasteiger partial charge in [-0.05, 0) is 47.9 Å². The van der Waals surface area contributed by atoms with Gasteiger partial charge in [-0.3, -0.25) is 4.79 Å². The summed E-state index contributed by atoms with van der Waals surface area (Å²) in [5, 5.41) is 0.617. The van der Waals surface area contributed by atoms with E-state index in [1.54, 1.807) is 18.2 Å². The van der Waals surface area contributed by atoms with Crippen LogP contribution in [0.5, 0.6) is 11.5 Å². The molecule has 0 unspecified atom stereocenters. The maximum Gasteiger partial charge on any atom is 0.315 e. The molecule has 4 heteroatoms. The van der Waals surface area contributed by atoms with Crippen LogP contribution in [0.2, 0.25) is 5.02 Å². The van der Waals surface area contributed by atoms with Crippen LogP contribution in [0.25, 0.3) is 0 Å². The number of para-hydroxylation sites is 1. The van der Waals surface area contributed by atoms with Gasteiger partial charge in [0.05, 0.1) is 5.92 Å². The number of halogens is 1. The van der Waals surface area contributed by atoms with Gasteiger partial charge in [0.25, 0.3) is 0 Å². The molecular formula is C26H23ClO3. The van der Waals surface area contributed by atoms with Crippen molar-refractivity contribution < 1.29 is 14.3 Å². The molecule has 3 nitrogen and oxygen atoms in total. The Morgan fingerprint density at radius 1 is 0.900 bits per heavy atom. The predicted molar refractivity (Wildman–Crippen MR) is 120 cm³/mol. The van der Waals surface area contributed by atoms with E-state index in [0.717, 1.165) is 5.56 Å². The lowest BCUT2D eigenvalue weighted by Crippen LogP contribution is -2.22. The fourth-order valence-electron chi connectivity index (χ4n) is 3.22. The Morgan fingerprint density at radius 2 is 1.57 bits per heavy atom. The highest BCUT2D eigenvalue weighted by atomic mass is 35.5. The van der Waals surface area contributed by atoms with Gasteiger partial charge in [-0.15, -0.1) is 6.42 Å². The highest BCUT2D eigenvalue weighted by Gasteiger charge is 2.28. The largest absolute Gasteiger partial charge is 0.457 e. The smallest absolute Gasteiger partial charge is 0.315 e. The molecule has 0 aliphatic carbocycles. The summed E-state index contributed by atoms with van der Waals surface area (Å²) in [5.41, 5.74) is 1.52. The molecule has 0 bridgehead atoms. The Labute approximate surface area is 182 Å². The Balaban J connectivity index is 1.78. The summed E-state index contributed by atoms with van der Waals surface area (Å²) in [6.07, 6.45) is 4.89. The molecule has 0 aliphatic heterocycles. The second-order valence-electron chi connectivity index (χ2n) is 7.24. The van der Waals surface area contributed by atoms with E-state index in [1.165, 1.54) is 0 Å². The average Bonchev–Trinajstić information content (AvgIpc) is 2.74. The van der Waals surface area contributed by atoms with Crippen LogP contribution in [0.15, 0.2) is 78.9 Å². The second kappa shape index (κ2) is 10.0. The quantitative estimate of drug-likeness (QED) is 0.313. The van der Waals surface area contributed by atoms with Gasteiger partial charge in [0.15, 0.2) is 6.10 Å². The van der Waals surface area contributed by atoms with Gasteiger partial charge < -0.3 is 9.47 Å². The number of ether oxygens (including phenoxy) is 2. The van der Waals surface area contributed by atoms with Crippen LogP contribution in [0.3, 0.4) is 0 Å². The molecule has 0 aliphatic rings. The number of terminal acetylenes is 1. The molecule has 0 radical (unpaired) electrons. The minimum atomic E-state index is -0.814. The van der Waals surface area contributed by atoms with Gasteiger partial charge in [0, 0.05) is 10.6 Å². The molecule has 2 atom stereocenters. The molecule has 3 aromatic carbocycles. The van der Waals surface area contributed by atoms with Crippen molar-refractivity contribution in [3.8, 4) is 23.8 Å². The number of rotatable bonds is 7. The Bertz CT molecular complexity index is 1020. The van der Waals surface area contributed by atoms with E-state index >= 15 is 0 Å². The first kappa shape index (κ1) is 21.5. The lowest BCUT2D eigenvalue weighted by Gasteiger charge is -2.22. The molecule has 0 heterocycles. The predicted octanol–water partition coefficient (Wildman–Crippen LogP) is 6.79. The zero-order valence-corrected chi connectivity index (χ0v) is 17.7. The van der Waals surface area contributed by atoms with Crippen molar-refractivity contribution in [2.24, 2.45) is 5.92 Å². The fourth-order valence-corrected chi connectivity index (χ4v) is 3.34. The van der Waals surface area contributed by atoms with Crippen LogP contribution in [0.4, 0.5) is 0 Å². The Morgan fingerprint density at radius 3 is 2.20 bits per heavy atom. The number of hydrogen-bond donors (Lipinski definition) is 0. The molecule has 0 spiro atoms. The molecule has 152 valence electrons. The third kappa shape index (κ3) is 5.43. The maximum atomic E-state index is 13.0. The van der Waals surface area contributed by atoms with Gasteiger partial charge in [-0.25, -0.2) is 0 Å². The van der Waals surface area contributed by atoms with E-state index < -0.39 is 12.0 Å². The van der Waals surface area contributed by atoms with Crippen molar-refractivity contribution >= 4 is 17.6 Å². The van der Waals surface area contributed by atoms with E-state index in [1.807, 2.05) is 74.5 Å². The summed E-state index contributed by atoms with van der Waals surface area (Å²) in [6, 6.07) is 23.9. The summed E-state index contributed by atoms with van der Waals surface area (Å²) >= 11 is 5.98. The molecule has 0 saturated carbocycles. The molecule has 0 saturated heterocycles. The molecule has 3 rings (SSSR count). The lowest BCUT2D eigenvalue weighted by molar-refractivity contribution is -0.149.